The number of ether oxygens (including phenoxy) is 1. The van der Waals surface area contributed by atoms with Gasteiger partial charge in [0.15, 0.2) is 0 Å². The molecule has 5 heteroatoms. The van der Waals surface area contributed by atoms with Crippen molar-refractivity contribution in [2.75, 3.05) is 6.61 Å². The molecule has 1 N–H and O–H groups in total. The summed E-state index contributed by atoms with van der Waals surface area (Å²) in [6, 6.07) is 1.77. The second-order valence-corrected chi connectivity index (χ2v) is 4.99. The molecule has 2 unspecified atom stereocenters. The second-order valence-electron chi connectivity index (χ2n) is 4.99. The first-order chi connectivity index (χ1) is 8.36. The molecule has 0 aliphatic heterocycles. The van der Waals surface area contributed by atoms with Gasteiger partial charge in [0.2, 0.25) is 0 Å². The van der Waals surface area contributed by atoms with E-state index in [4.69, 9.17) is 15.1 Å². The minimum Gasteiger partial charge on any atom is -0.481 e. The molecule has 1 aliphatic rings. The van der Waals surface area contributed by atoms with Crippen LogP contribution in [0.3, 0.4) is 0 Å². The van der Waals surface area contributed by atoms with Gasteiger partial charge in [0, 0.05) is 0 Å². The molecule has 1 saturated carbocycles. The summed E-state index contributed by atoms with van der Waals surface area (Å²) in [6.45, 7) is 5.72. The fourth-order valence-electron chi connectivity index (χ4n) is 2.06. The van der Waals surface area contributed by atoms with Gasteiger partial charge in [-0.05, 0) is 17.8 Å². The van der Waals surface area contributed by atoms with Crippen LogP contribution in [0.15, 0.2) is 11.6 Å². The third-order valence-electron chi connectivity index (χ3n) is 3.30. The van der Waals surface area contributed by atoms with E-state index >= 15 is 0 Å². The molecule has 0 aromatic rings. The molecule has 1 aliphatic carbocycles. The first-order valence-electron chi connectivity index (χ1n) is 5.88. The lowest BCUT2D eigenvalue weighted by Crippen LogP contribution is -2.08. The normalized spacial score (nSPS) is 25.1. The summed E-state index contributed by atoms with van der Waals surface area (Å²) in [4.78, 5) is 22.5. The van der Waals surface area contributed by atoms with Crippen molar-refractivity contribution in [3.05, 3.63) is 11.6 Å². The number of rotatable bonds is 5. The molecule has 5 nitrogen and oxygen atoms in total. The Morgan fingerprint density at radius 1 is 1.50 bits per heavy atom. The van der Waals surface area contributed by atoms with Crippen molar-refractivity contribution in [1.29, 1.82) is 5.26 Å². The fourth-order valence-corrected chi connectivity index (χ4v) is 2.06. The summed E-state index contributed by atoms with van der Waals surface area (Å²) in [7, 11) is 0. The van der Waals surface area contributed by atoms with Gasteiger partial charge in [-0.25, -0.2) is 4.79 Å². The number of aliphatic carboxylic acids is 1. The van der Waals surface area contributed by atoms with E-state index < -0.39 is 23.3 Å². The molecule has 98 valence electrons. The van der Waals surface area contributed by atoms with Gasteiger partial charge in [-0.3, -0.25) is 4.79 Å². The third kappa shape index (κ3) is 2.70. The summed E-state index contributed by atoms with van der Waals surface area (Å²) in [5.74, 6) is -2.41. The van der Waals surface area contributed by atoms with Crippen LogP contribution in [0, 0.1) is 28.6 Å². The highest BCUT2D eigenvalue weighted by atomic mass is 16.5. The lowest BCUT2D eigenvalue weighted by Gasteiger charge is -2.01. The molecule has 0 bridgehead atoms. The number of nitriles is 1. The Labute approximate surface area is 106 Å². The van der Waals surface area contributed by atoms with Crippen LogP contribution < -0.4 is 0 Å². The summed E-state index contributed by atoms with van der Waals surface area (Å²) in [6.07, 6.45) is 2.11. The van der Waals surface area contributed by atoms with Crippen molar-refractivity contribution in [1.82, 2.24) is 0 Å². The number of allylic oxidation sites excluding steroid dienone is 1. The van der Waals surface area contributed by atoms with E-state index in [-0.39, 0.29) is 18.1 Å². The molecule has 1 fully saturated rings. The van der Waals surface area contributed by atoms with Crippen molar-refractivity contribution in [3.8, 4) is 6.07 Å². The largest absolute Gasteiger partial charge is 0.481 e. The molecule has 0 heterocycles. The molecule has 18 heavy (non-hydrogen) atoms. The van der Waals surface area contributed by atoms with Crippen LogP contribution in [0.25, 0.3) is 0 Å². The zero-order chi connectivity index (χ0) is 13.9. The Bertz CT molecular complexity index is 431. The number of esters is 1. The SMILES string of the molecule is CCCOC(=O)C(C#N)=CC1C(C(=O)O)C1(C)C. The van der Waals surface area contributed by atoms with Crippen LogP contribution in [0.5, 0.6) is 0 Å². The maximum atomic E-state index is 11.5. The Kier molecular flexibility index (Phi) is 4.12. The highest BCUT2D eigenvalue weighted by molar-refractivity contribution is 5.93. The Hall–Kier alpha value is -1.83. The highest BCUT2D eigenvalue weighted by Crippen LogP contribution is 2.59. The summed E-state index contributed by atoms with van der Waals surface area (Å²) in [5, 5.41) is 17.9. The maximum Gasteiger partial charge on any atom is 0.348 e. The van der Waals surface area contributed by atoms with Crippen molar-refractivity contribution in [2.24, 2.45) is 17.3 Å². The quantitative estimate of drug-likeness (QED) is 0.457. The van der Waals surface area contributed by atoms with Crippen LogP contribution in [0.2, 0.25) is 0 Å². The first-order valence-corrected chi connectivity index (χ1v) is 5.88. The second kappa shape index (κ2) is 5.21. The van der Waals surface area contributed by atoms with Gasteiger partial charge >= 0.3 is 11.9 Å². The number of hydrogen-bond acceptors (Lipinski definition) is 4. The van der Waals surface area contributed by atoms with E-state index in [1.165, 1.54) is 6.08 Å². The zero-order valence-corrected chi connectivity index (χ0v) is 10.8. The predicted molar refractivity (Wildman–Crippen MR) is 63.3 cm³/mol. The molecule has 0 spiro atoms. The zero-order valence-electron chi connectivity index (χ0n) is 10.8. The lowest BCUT2D eigenvalue weighted by atomic mass is 10.1. The van der Waals surface area contributed by atoms with Crippen molar-refractivity contribution < 1.29 is 19.4 Å². The maximum absolute atomic E-state index is 11.5. The van der Waals surface area contributed by atoms with E-state index in [1.807, 2.05) is 6.92 Å². The number of nitrogens with zero attached hydrogens (tertiary/aromatic N) is 1. The Morgan fingerprint density at radius 2 is 2.11 bits per heavy atom. The van der Waals surface area contributed by atoms with Gasteiger partial charge in [0.25, 0.3) is 0 Å². The van der Waals surface area contributed by atoms with Crippen LogP contribution >= 0.6 is 0 Å². The molecule has 0 radical (unpaired) electrons. The highest BCUT2D eigenvalue weighted by Gasteiger charge is 2.61. The number of hydrogen-bond donors (Lipinski definition) is 1. The minimum atomic E-state index is -0.902. The van der Waals surface area contributed by atoms with Gasteiger partial charge in [-0.15, -0.1) is 0 Å². The van der Waals surface area contributed by atoms with Crippen LogP contribution in [0.4, 0.5) is 0 Å². The van der Waals surface area contributed by atoms with E-state index in [9.17, 15) is 9.59 Å². The van der Waals surface area contributed by atoms with Crippen molar-refractivity contribution in [3.63, 3.8) is 0 Å². The Morgan fingerprint density at radius 3 is 2.50 bits per heavy atom. The third-order valence-corrected chi connectivity index (χ3v) is 3.30. The fraction of sp³-hybridized carbons (Fsp3) is 0.615. The van der Waals surface area contributed by atoms with Gasteiger partial charge < -0.3 is 9.84 Å². The van der Waals surface area contributed by atoms with E-state index in [0.717, 1.165) is 0 Å². The molecule has 0 aromatic heterocycles. The molecule has 1 rings (SSSR count). The first kappa shape index (κ1) is 14.2. The molecule has 0 aromatic carbocycles. The number of carboxylic acids is 1. The van der Waals surface area contributed by atoms with E-state index in [0.29, 0.717) is 6.42 Å². The van der Waals surface area contributed by atoms with Crippen LogP contribution in [0.1, 0.15) is 27.2 Å². The minimum absolute atomic E-state index is 0.106. The van der Waals surface area contributed by atoms with Gasteiger partial charge in [0.1, 0.15) is 11.6 Å². The smallest absolute Gasteiger partial charge is 0.348 e. The van der Waals surface area contributed by atoms with Gasteiger partial charge in [0.05, 0.1) is 12.5 Å². The standard InChI is InChI=1S/C13H17NO4/c1-4-5-18-12(17)8(7-14)6-9-10(11(15)16)13(9,2)3/h6,9-10H,4-5H2,1-3H3,(H,15,16). The predicted octanol–water partition coefficient (Wildman–Crippen LogP) is 1.75. The summed E-state index contributed by atoms with van der Waals surface area (Å²) >= 11 is 0. The van der Waals surface area contributed by atoms with Crippen molar-refractivity contribution >= 4 is 11.9 Å². The number of carbonyl (C=O) groups excluding carboxylic acids is 1. The van der Waals surface area contributed by atoms with E-state index in [1.54, 1.807) is 19.9 Å². The van der Waals surface area contributed by atoms with Gasteiger partial charge in [-0.2, -0.15) is 5.26 Å². The lowest BCUT2D eigenvalue weighted by molar-refractivity contribution is -0.140. The molecule has 0 amide bonds. The number of carboxylic acid groups (broad SMARTS) is 1. The van der Waals surface area contributed by atoms with E-state index in [2.05, 4.69) is 0 Å². The van der Waals surface area contributed by atoms with Crippen LogP contribution in [-0.2, 0) is 14.3 Å². The Balaban J connectivity index is 2.79. The van der Waals surface area contributed by atoms with Crippen molar-refractivity contribution in [2.45, 2.75) is 27.2 Å². The number of carbonyl (C=O) groups is 2. The van der Waals surface area contributed by atoms with Crippen LogP contribution in [-0.4, -0.2) is 23.7 Å². The summed E-state index contributed by atoms with van der Waals surface area (Å²) in [5.41, 5.74) is -0.524. The molecule has 2 atom stereocenters. The van der Waals surface area contributed by atoms with Gasteiger partial charge in [-0.1, -0.05) is 26.8 Å². The summed E-state index contributed by atoms with van der Waals surface area (Å²) < 4.78 is 4.86. The topological polar surface area (TPSA) is 87.4 Å². The molecular weight excluding hydrogens is 234 g/mol. The monoisotopic (exact) mass is 251 g/mol. The molecular formula is C13H17NO4. The average molecular weight is 251 g/mol. The average Bonchev–Trinajstić information content (AvgIpc) is 2.84. The molecule has 0 saturated heterocycles.